The van der Waals surface area contributed by atoms with E-state index in [9.17, 15) is 5.11 Å². The number of fused-ring (bicyclic) bond motifs is 1. The lowest BCUT2D eigenvalue weighted by Gasteiger charge is -2.05. The van der Waals surface area contributed by atoms with E-state index in [1.54, 1.807) is 11.7 Å². The first-order valence-corrected chi connectivity index (χ1v) is 7.18. The molecule has 3 rings (SSSR count). The monoisotopic (exact) mass is 273 g/mol. The van der Waals surface area contributed by atoms with Crippen LogP contribution in [0.15, 0.2) is 36.0 Å². The number of benzene rings is 1. The van der Waals surface area contributed by atoms with Gasteiger partial charge in [-0.2, -0.15) is 5.10 Å². The molecule has 5 heteroatoms. The van der Waals surface area contributed by atoms with Gasteiger partial charge in [0, 0.05) is 24.5 Å². The van der Waals surface area contributed by atoms with Crippen molar-refractivity contribution in [3.8, 4) is 0 Å². The van der Waals surface area contributed by atoms with Gasteiger partial charge in [-0.15, -0.1) is 11.3 Å². The standard InChI is InChI=1S/C14H15N3OS/c1-2-17-12-6-4-3-5-10(12)11(16-17)7-13(18)14-8-15-9-19-14/h3-6,8-9,13,18H,2,7H2,1H3. The van der Waals surface area contributed by atoms with Crippen molar-refractivity contribution in [1.82, 2.24) is 14.8 Å². The molecule has 4 nitrogen and oxygen atoms in total. The Morgan fingerprint density at radius 3 is 2.95 bits per heavy atom. The Hall–Kier alpha value is -1.72. The third-order valence-corrected chi connectivity index (χ3v) is 4.08. The predicted molar refractivity (Wildman–Crippen MR) is 76.2 cm³/mol. The third kappa shape index (κ3) is 2.27. The summed E-state index contributed by atoms with van der Waals surface area (Å²) in [6.45, 7) is 2.90. The van der Waals surface area contributed by atoms with Crippen LogP contribution in [-0.4, -0.2) is 19.9 Å². The largest absolute Gasteiger partial charge is 0.387 e. The maximum absolute atomic E-state index is 10.2. The summed E-state index contributed by atoms with van der Waals surface area (Å²) < 4.78 is 1.98. The minimum absolute atomic E-state index is 0.524. The Bertz CT molecular complexity index is 675. The summed E-state index contributed by atoms with van der Waals surface area (Å²) in [7, 11) is 0. The molecule has 0 aliphatic rings. The third-order valence-electron chi connectivity index (χ3n) is 3.20. The Balaban J connectivity index is 1.97. The summed E-state index contributed by atoms with van der Waals surface area (Å²) in [6, 6.07) is 8.14. The molecule has 0 saturated heterocycles. The van der Waals surface area contributed by atoms with Crippen molar-refractivity contribution in [2.24, 2.45) is 0 Å². The van der Waals surface area contributed by atoms with Gasteiger partial charge in [-0.25, -0.2) is 0 Å². The number of hydrogen-bond donors (Lipinski definition) is 1. The molecule has 0 fully saturated rings. The van der Waals surface area contributed by atoms with E-state index in [2.05, 4.69) is 29.1 Å². The van der Waals surface area contributed by atoms with E-state index in [1.165, 1.54) is 11.3 Å². The molecule has 19 heavy (non-hydrogen) atoms. The first kappa shape index (κ1) is 12.3. The van der Waals surface area contributed by atoms with Crippen molar-refractivity contribution >= 4 is 22.2 Å². The molecular formula is C14H15N3OS. The number of hydrogen-bond acceptors (Lipinski definition) is 4. The van der Waals surface area contributed by atoms with Crippen molar-refractivity contribution in [3.05, 3.63) is 46.5 Å². The first-order chi connectivity index (χ1) is 9.29. The van der Waals surface area contributed by atoms with Crippen LogP contribution in [0.1, 0.15) is 23.6 Å². The van der Waals surface area contributed by atoms with Crippen LogP contribution >= 0.6 is 11.3 Å². The fraction of sp³-hybridized carbons (Fsp3) is 0.286. The van der Waals surface area contributed by atoms with E-state index < -0.39 is 6.10 Å². The van der Waals surface area contributed by atoms with E-state index in [4.69, 9.17) is 0 Å². The van der Waals surface area contributed by atoms with Crippen LogP contribution in [0.4, 0.5) is 0 Å². The van der Waals surface area contributed by atoms with Crippen molar-refractivity contribution in [2.75, 3.05) is 0 Å². The van der Waals surface area contributed by atoms with E-state index in [0.717, 1.165) is 28.0 Å². The van der Waals surface area contributed by atoms with Crippen LogP contribution in [0.2, 0.25) is 0 Å². The molecule has 2 heterocycles. The van der Waals surface area contributed by atoms with Crippen LogP contribution in [-0.2, 0) is 13.0 Å². The zero-order chi connectivity index (χ0) is 13.2. The maximum atomic E-state index is 10.2. The van der Waals surface area contributed by atoms with Crippen LogP contribution < -0.4 is 0 Å². The smallest absolute Gasteiger partial charge is 0.0954 e. The fourth-order valence-electron chi connectivity index (χ4n) is 2.26. The Kier molecular flexibility index (Phi) is 3.31. The lowest BCUT2D eigenvalue weighted by Crippen LogP contribution is -2.02. The fourth-order valence-corrected chi connectivity index (χ4v) is 2.87. The Morgan fingerprint density at radius 1 is 1.37 bits per heavy atom. The minimum Gasteiger partial charge on any atom is -0.387 e. The summed E-state index contributed by atoms with van der Waals surface area (Å²) in [5.41, 5.74) is 3.80. The highest BCUT2D eigenvalue weighted by molar-refractivity contribution is 7.09. The molecule has 0 aliphatic carbocycles. The lowest BCUT2D eigenvalue weighted by atomic mass is 10.1. The zero-order valence-corrected chi connectivity index (χ0v) is 11.5. The van der Waals surface area contributed by atoms with Gasteiger partial charge < -0.3 is 5.11 Å². The molecule has 3 aromatic rings. The summed E-state index contributed by atoms with van der Waals surface area (Å²) in [4.78, 5) is 4.89. The number of aliphatic hydroxyl groups excluding tert-OH is 1. The summed E-state index contributed by atoms with van der Waals surface area (Å²) in [6.07, 6.45) is 1.71. The molecule has 0 aliphatic heterocycles. The molecule has 1 atom stereocenters. The lowest BCUT2D eigenvalue weighted by molar-refractivity contribution is 0.181. The first-order valence-electron chi connectivity index (χ1n) is 6.30. The second-order valence-corrected chi connectivity index (χ2v) is 5.32. The molecule has 98 valence electrons. The van der Waals surface area contributed by atoms with Gasteiger partial charge in [0.2, 0.25) is 0 Å². The maximum Gasteiger partial charge on any atom is 0.0954 e. The molecule has 1 N–H and O–H groups in total. The molecular weight excluding hydrogens is 258 g/mol. The van der Waals surface area contributed by atoms with Crippen LogP contribution in [0.25, 0.3) is 10.9 Å². The van der Waals surface area contributed by atoms with Gasteiger partial charge in [-0.05, 0) is 13.0 Å². The van der Waals surface area contributed by atoms with Gasteiger partial charge in [-0.3, -0.25) is 9.67 Å². The van der Waals surface area contributed by atoms with E-state index in [0.29, 0.717) is 6.42 Å². The highest BCUT2D eigenvalue weighted by Crippen LogP contribution is 2.25. The van der Waals surface area contributed by atoms with Crippen LogP contribution in [0.3, 0.4) is 0 Å². The Labute approximate surface area is 115 Å². The summed E-state index contributed by atoms with van der Waals surface area (Å²) in [5.74, 6) is 0. The number of aryl methyl sites for hydroxylation is 1. The van der Waals surface area contributed by atoms with Crippen molar-refractivity contribution in [3.63, 3.8) is 0 Å². The highest BCUT2D eigenvalue weighted by Gasteiger charge is 2.15. The number of thiazole rings is 1. The minimum atomic E-state index is -0.531. The number of para-hydroxylation sites is 1. The van der Waals surface area contributed by atoms with Gasteiger partial charge in [-0.1, -0.05) is 18.2 Å². The average molecular weight is 273 g/mol. The van der Waals surface area contributed by atoms with Gasteiger partial charge in [0.15, 0.2) is 0 Å². The molecule has 0 spiro atoms. The zero-order valence-electron chi connectivity index (χ0n) is 10.7. The van der Waals surface area contributed by atoms with E-state index >= 15 is 0 Å². The van der Waals surface area contributed by atoms with Gasteiger partial charge in [0.05, 0.1) is 27.7 Å². The van der Waals surface area contributed by atoms with Crippen LogP contribution in [0, 0.1) is 0 Å². The summed E-state index contributed by atoms with van der Waals surface area (Å²) in [5, 5.41) is 15.9. The molecule has 1 unspecified atom stereocenters. The second kappa shape index (κ2) is 5.11. The van der Waals surface area contributed by atoms with E-state index in [-0.39, 0.29) is 0 Å². The SMILES string of the molecule is CCn1nc(CC(O)c2cncs2)c2ccccc21. The quantitative estimate of drug-likeness (QED) is 0.795. The average Bonchev–Trinajstić information content (AvgIpc) is 3.07. The molecule has 0 amide bonds. The highest BCUT2D eigenvalue weighted by atomic mass is 32.1. The predicted octanol–water partition coefficient (Wildman–Crippen LogP) is 2.79. The number of aromatic nitrogens is 3. The molecule has 0 radical (unpaired) electrons. The van der Waals surface area contributed by atoms with Crippen molar-refractivity contribution in [1.29, 1.82) is 0 Å². The summed E-state index contributed by atoms with van der Waals surface area (Å²) >= 11 is 1.47. The number of nitrogens with zero attached hydrogens (tertiary/aromatic N) is 3. The molecule has 1 aromatic carbocycles. The van der Waals surface area contributed by atoms with E-state index in [1.807, 2.05) is 16.8 Å². The number of rotatable bonds is 4. The van der Waals surface area contributed by atoms with Crippen LogP contribution in [0.5, 0.6) is 0 Å². The van der Waals surface area contributed by atoms with Gasteiger partial charge in [0.25, 0.3) is 0 Å². The van der Waals surface area contributed by atoms with Crippen molar-refractivity contribution in [2.45, 2.75) is 26.0 Å². The van der Waals surface area contributed by atoms with Gasteiger partial charge >= 0.3 is 0 Å². The van der Waals surface area contributed by atoms with Crippen molar-refractivity contribution < 1.29 is 5.11 Å². The Morgan fingerprint density at radius 2 is 2.21 bits per heavy atom. The molecule has 2 aromatic heterocycles. The normalized spacial score (nSPS) is 12.9. The molecule has 0 saturated carbocycles. The topological polar surface area (TPSA) is 50.9 Å². The van der Waals surface area contributed by atoms with Gasteiger partial charge in [0.1, 0.15) is 0 Å². The number of aliphatic hydroxyl groups is 1. The second-order valence-electron chi connectivity index (χ2n) is 4.40. The molecule has 0 bridgehead atoms.